The van der Waals surface area contributed by atoms with Crippen LogP contribution in [0.1, 0.15) is 22.8 Å². The number of hydrogen-bond acceptors (Lipinski definition) is 4. The first-order chi connectivity index (χ1) is 11.2. The lowest BCUT2D eigenvalue weighted by Gasteiger charge is -2.12. The highest BCUT2D eigenvalue weighted by Gasteiger charge is 2.19. The van der Waals surface area contributed by atoms with Gasteiger partial charge in [0.25, 0.3) is 0 Å². The smallest absolute Gasteiger partial charge is 0.143 e. The van der Waals surface area contributed by atoms with Gasteiger partial charge in [-0.25, -0.2) is 9.36 Å². The molecule has 0 unspecified atom stereocenters. The van der Waals surface area contributed by atoms with Gasteiger partial charge in [0.2, 0.25) is 0 Å². The summed E-state index contributed by atoms with van der Waals surface area (Å²) in [7, 11) is 0. The Morgan fingerprint density at radius 3 is 1.33 bits per heavy atom. The van der Waals surface area contributed by atoms with E-state index in [0.29, 0.717) is 44.2 Å². The van der Waals surface area contributed by atoms with Crippen LogP contribution in [0, 0.1) is 27.7 Å². The molecule has 0 fully saturated rings. The molecule has 3 rings (SSSR count). The third kappa shape index (κ3) is 2.42. The number of nitrogens with zero attached hydrogens (tertiary/aromatic N) is 4. The van der Waals surface area contributed by atoms with E-state index in [-0.39, 0.29) is 11.5 Å². The number of hydrogen-bond donors (Lipinski definition) is 2. The fourth-order valence-electron chi connectivity index (χ4n) is 2.61. The van der Waals surface area contributed by atoms with Gasteiger partial charge in [-0.15, -0.1) is 0 Å². The average molecular weight is 367 g/mol. The molecular formula is C16H16Cl2N4O2. The standard InChI is InChI=1S/C16H16Cl2N4O2/c1-7-15(17)9(3)21(19-7)11-5-14(24)12(6-13(11)23)22-10(4)16(18)8(2)20-22/h5-6,23-24H,1-4H3. The van der Waals surface area contributed by atoms with Gasteiger partial charge in [0, 0.05) is 12.1 Å². The van der Waals surface area contributed by atoms with Crippen molar-refractivity contribution in [1.29, 1.82) is 0 Å². The van der Waals surface area contributed by atoms with Gasteiger partial charge in [0.05, 0.1) is 32.8 Å². The van der Waals surface area contributed by atoms with Crippen molar-refractivity contribution in [2.24, 2.45) is 0 Å². The Morgan fingerprint density at radius 1 is 0.750 bits per heavy atom. The zero-order valence-electron chi connectivity index (χ0n) is 13.6. The number of rotatable bonds is 2. The number of benzene rings is 1. The van der Waals surface area contributed by atoms with Crippen molar-refractivity contribution < 1.29 is 10.2 Å². The quantitative estimate of drug-likeness (QED) is 0.671. The largest absolute Gasteiger partial charge is 0.506 e. The van der Waals surface area contributed by atoms with E-state index in [1.54, 1.807) is 27.7 Å². The van der Waals surface area contributed by atoms with E-state index < -0.39 is 0 Å². The van der Waals surface area contributed by atoms with Crippen LogP contribution in [0.3, 0.4) is 0 Å². The van der Waals surface area contributed by atoms with Crippen LogP contribution in [0.2, 0.25) is 10.0 Å². The van der Waals surface area contributed by atoms with Gasteiger partial charge in [0.15, 0.2) is 0 Å². The number of aromatic nitrogens is 4. The molecule has 0 saturated heterocycles. The Morgan fingerprint density at radius 2 is 1.08 bits per heavy atom. The van der Waals surface area contributed by atoms with Crippen LogP contribution in [0.15, 0.2) is 12.1 Å². The Hall–Kier alpha value is -2.18. The number of aryl methyl sites for hydroxylation is 2. The molecule has 1 aromatic carbocycles. The zero-order chi connectivity index (χ0) is 17.8. The Labute approximate surface area is 148 Å². The molecule has 0 aliphatic rings. The molecule has 2 heterocycles. The normalized spacial score (nSPS) is 11.2. The lowest BCUT2D eigenvalue weighted by Crippen LogP contribution is -2.03. The topological polar surface area (TPSA) is 76.1 Å². The molecule has 8 heteroatoms. The van der Waals surface area contributed by atoms with Gasteiger partial charge in [-0.3, -0.25) is 0 Å². The molecular weight excluding hydrogens is 351 g/mol. The third-order valence-corrected chi connectivity index (χ3v) is 5.03. The summed E-state index contributed by atoms with van der Waals surface area (Å²) in [5.74, 6) is -0.123. The molecule has 6 nitrogen and oxygen atoms in total. The van der Waals surface area contributed by atoms with Crippen molar-refractivity contribution >= 4 is 23.2 Å². The minimum Gasteiger partial charge on any atom is -0.506 e. The Balaban J connectivity index is 2.19. The van der Waals surface area contributed by atoms with E-state index in [4.69, 9.17) is 23.2 Å². The lowest BCUT2D eigenvalue weighted by atomic mass is 10.2. The molecule has 126 valence electrons. The summed E-state index contributed by atoms with van der Waals surface area (Å²) in [4.78, 5) is 0. The number of phenols is 2. The van der Waals surface area contributed by atoms with Gasteiger partial charge in [-0.1, -0.05) is 23.2 Å². The molecule has 0 aliphatic heterocycles. The van der Waals surface area contributed by atoms with E-state index in [0.717, 1.165) is 0 Å². The van der Waals surface area contributed by atoms with Gasteiger partial charge >= 0.3 is 0 Å². The molecule has 0 aliphatic carbocycles. The summed E-state index contributed by atoms with van der Waals surface area (Å²) in [6.07, 6.45) is 0. The molecule has 2 aromatic heterocycles. The predicted octanol–water partition coefficient (Wildman–Crippen LogP) is 4.01. The molecule has 24 heavy (non-hydrogen) atoms. The second kappa shape index (κ2) is 5.72. The fourth-order valence-corrected chi connectivity index (χ4v) is 2.85. The highest BCUT2D eigenvalue weighted by Crippen LogP contribution is 2.35. The van der Waals surface area contributed by atoms with E-state index >= 15 is 0 Å². The first-order valence-electron chi connectivity index (χ1n) is 7.22. The molecule has 2 N–H and O–H groups in total. The summed E-state index contributed by atoms with van der Waals surface area (Å²) in [5.41, 5.74) is 3.29. The molecule has 0 spiro atoms. The van der Waals surface area contributed by atoms with E-state index in [9.17, 15) is 10.2 Å². The monoisotopic (exact) mass is 366 g/mol. The van der Waals surface area contributed by atoms with Crippen molar-refractivity contribution in [2.45, 2.75) is 27.7 Å². The Bertz CT molecular complexity index is 882. The maximum atomic E-state index is 10.4. The first kappa shape index (κ1) is 16.7. The predicted molar refractivity (Wildman–Crippen MR) is 93.0 cm³/mol. The van der Waals surface area contributed by atoms with Gasteiger partial charge in [0.1, 0.15) is 22.9 Å². The first-order valence-corrected chi connectivity index (χ1v) is 7.98. The number of aromatic hydroxyl groups is 2. The highest BCUT2D eigenvalue weighted by atomic mass is 35.5. The number of halogens is 2. The summed E-state index contributed by atoms with van der Waals surface area (Å²) >= 11 is 12.3. The van der Waals surface area contributed by atoms with Crippen molar-refractivity contribution in [2.75, 3.05) is 0 Å². The zero-order valence-corrected chi connectivity index (χ0v) is 15.1. The van der Waals surface area contributed by atoms with Gasteiger partial charge < -0.3 is 10.2 Å². The molecule has 0 amide bonds. The van der Waals surface area contributed by atoms with Gasteiger partial charge in [-0.2, -0.15) is 10.2 Å². The molecule has 3 aromatic rings. The van der Waals surface area contributed by atoms with Crippen LogP contribution in [0.25, 0.3) is 11.4 Å². The third-order valence-electron chi connectivity index (χ3n) is 3.93. The molecule has 0 bridgehead atoms. The van der Waals surface area contributed by atoms with Crippen LogP contribution in [0.5, 0.6) is 11.5 Å². The summed E-state index contributed by atoms with van der Waals surface area (Å²) in [6, 6.07) is 2.84. The average Bonchev–Trinajstić information content (AvgIpc) is 2.94. The Kier molecular flexibility index (Phi) is 3.97. The van der Waals surface area contributed by atoms with Crippen LogP contribution in [0.4, 0.5) is 0 Å². The summed E-state index contributed by atoms with van der Waals surface area (Å²) in [5, 5.41) is 30.5. The second-order valence-electron chi connectivity index (χ2n) is 5.62. The van der Waals surface area contributed by atoms with E-state index in [1.165, 1.54) is 21.5 Å². The molecule has 0 saturated carbocycles. The van der Waals surface area contributed by atoms with Crippen LogP contribution in [-0.2, 0) is 0 Å². The van der Waals surface area contributed by atoms with Gasteiger partial charge in [-0.05, 0) is 27.7 Å². The van der Waals surface area contributed by atoms with Crippen LogP contribution >= 0.6 is 23.2 Å². The van der Waals surface area contributed by atoms with E-state index in [2.05, 4.69) is 10.2 Å². The number of phenolic OH excluding ortho intramolecular Hbond substituents is 2. The minimum atomic E-state index is -0.0613. The SMILES string of the molecule is Cc1nn(-c2cc(O)c(-n3nc(C)c(Cl)c3C)cc2O)c(C)c1Cl. The minimum absolute atomic E-state index is 0.0613. The van der Waals surface area contributed by atoms with Crippen LogP contribution in [-0.4, -0.2) is 29.8 Å². The maximum absolute atomic E-state index is 10.4. The van der Waals surface area contributed by atoms with Crippen molar-refractivity contribution in [3.8, 4) is 22.9 Å². The lowest BCUT2D eigenvalue weighted by molar-refractivity contribution is 0.451. The van der Waals surface area contributed by atoms with Crippen LogP contribution < -0.4 is 0 Å². The van der Waals surface area contributed by atoms with E-state index in [1.807, 2.05) is 0 Å². The second-order valence-corrected chi connectivity index (χ2v) is 6.38. The maximum Gasteiger partial charge on any atom is 0.143 e. The van der Waals surface area contributed by atoms with Crippen molar-refractivity contribution in [1.82, 2.24) is 19.6 Å². The van der Waals surface area contributed by atoms with Crippen molar-refractivity contribution in [3.05, 3.63) is 45.0 Å². The summed E-state index contributed by atoms with van der Waals surface area (Å²) < 4.78 is 2.98. The molecule has 0 atom stereocenters. The fraction of sp³-hybridized carbons (Fsp3) is 0.250. The summed E-state index contributed by atoms with van der Waals surface area (Å²) in [6.45, 7) is 7.12. The molecule has 0 radical (unpaired) electrons. The van der Waals surface area contributed by atoms with Crippen molar-refractivity contribution in [3.63, 3.8) is 0 Å². The highest BCUT2D eigenvalue weighted by molar-refractivity contribution is 6.32.